The molecule has 1 aromatic rings. The van der Waals surface area contributed by atoms with E-state index in [1.165, 1.54) is 15.0 Å². The molecule has 1 N–H and O–H groups in total. The monoisotopic (exact) mass is 582 g/mol. The molecule has 12 heteroatoms. The first-order chi connectivity index (χ1) is 18.7. The molecule has 10 nitrogen and oxygen atoms in total. The fourth-order valence-electron chi connectivity index (χ4n) is 6.02. The molecule has 220 valence electrons. The molecule has 3 fully saturated rings. The van der Waals surface area contributed by atoms with Crippen LogP contribution in [0.25, 0.3) is 0 Å². The van der Waals surface area contributed by atoms with Gasteiger partial charge in [0.25, 0.3) is 10.2 Å². The molecule has 1 saturated carbocycles. The Labute approximate surface area is 238 Å². The molecule has 0 atom stereocenters. The molecule has 1 aliphatic carbocycles. The highest BCUT2D eigenvalue weighted by Crippen LogP contribution is 2.30. The van der Waals surface area contributed by atoms with Crippen LogP contribution in [-0.4, -0.2) is 109 Å². The zero-order chi connectivity index (χ0) is 28.0. The van der Waals surface area contributed by atoms with Crippen LogP contribution in [0.5, 0.6) is 0 Å². The summed E-state index contributed by atoms with van der Waals surface area (Å²) in [6, 6.07) is 4.45. The number of rotatable bonds is 9. The number of hydrogen-bond donors (Lipinski definition) is 1. The van der Waals surface area contributed by atoms with Crippen molar-refractivity contribution in [3.63, 3.8) is 0 Å². The quantitative estimate of drug-likeness (QED) is 0.480. The maximum atomic E-state index is 13.7. The Balaban J connectivity index is 1.33. The minimum atomic E-state index is -3.37. The second-order valence-corrected chi connectivity index (χ2v) is 14.5. The lowest BCUT2D eigenvalue weighted by Gasteiger charge is -2.43. The van der Waals surface area contributed by atoms with E-state index in [1.54, 1.807) is 25.4 Å². The lowest BCUT2D eigenvalue weighted by molar-refractivity contribution is -0.132. The molecule has 0 radical (unpaired) electrons. The van der Waals surface area contributed by atoms with Crippen molar-refractivity contribution in [3.8, 4) is 0 Å². The van der Waals surface area contributed by atoms with Gasteiger partial charge >= 0.3 is 6.03 Å². The zero-order valence-corrected chi connectivity index (χ0v) is 25.4. The number of urea groups is 1. The lowest BCUT2D eigenvalue weighted by Crippen LogP contribution is -2.54. The van der Waals surface area contributed by atoms with Gasteiger partial charge in [-0.05, 0) is 44.2 Å². The highest BCUT2D eigenvalue weighted by atomic mass is 32.2. The fourth-order valence-corrected chi connectivity index (χ4v) is 8.05. The number of nitrogens with zero attached hydrogens (tertiary/aromatic N) is 5. The van der Waals surface area contributed by atoms with Gasteiger partial charge in [0.05, 0.1) is 5.00 Å². The van der Waals surface area contributed by atoms with E-state index < -0.39 is 10.2 Å². The molecule has 4 rings (SSSR count). The molecule has 2 saturated heterocycles. The first-order valence-corrected chi connectivity index (χ1v) is 16.8. The van der Waals surface area contributed by atoms with Gasteiger partial charge in [-0.1, -0.05) is 26.2 Å². The first-order valence-electron chi connectivity index (χ1n) is 14.5. The van der Waals surface area contributed by atoms with Crippen LogP contribution in [0.3, 0.4) is 0 Å². The van der Waals surface area contributed by atoms with E-state index in [4.69, 9.17) is 0 Å². The summed E-state index contributed by atoms with van der Waals surface area (Å²) in [5.41, 5.74) is 0. The minimum Gasteiger partial charge on any atom is -0.343 e. The van der Waals surface area contributed by atoms with E-state index in [2.05, 4.69) is 21.2 Å². The van der Waals surface area contributed by atoms with Gasteiger partial charge in [0.15, 0.2) is 0 Å². The van der Waals surface area contributed by atoms with Crippen molar-refractivity contribution >= 4 is 38.5 Å². The Bertz CT molecular complexity index is 1060. The molecule has 0 unspecified atom stereocenters. The van der Waals surface area contributed by atoms with Gasteiger partial charge in [-0.25, -0.2) is 4.79 Å². The number of carbonyl (C=O) groups excluding carboxylic acids is 2. The third-order valence-electron chi connectivity index (χ3n) is 8.27. The van der Waals surface area contributed by atoms with Gasteiger partial charge in [-0.15, -0.1) is 11.3 Å². The van der Waals surface area contributed by atoms with E-state index in [-0.39, 0.29) is 24.0 Å². The summed E-state index contributed by atoms with van der Waals surface area (Å²) >= 11 is 1.59. The van der Waals surface area contributed by atoms with Crippen molar-refractivity contribution in [2.75, 3.05) is 58.7 Å². The summed E-state index contributed by atoms with van der Waals surface area (Å²) in [4.78, 5) is 33.6. The number of thiophene rings is 1. The molecular weight excluding hydrogens is 536 g/mol. The highest BCUT2D eigenvalue weighted by molar-refractivity contribution is 7.86. The summed E-state index contributed by atoms with van der Waals surface area (Å²) in [6.45, 7) is 6.56. The van der Waals surface area contributed by atoms with Crippen molar-refractivity contribution in [3.05, 3.63) is 17.0 Å². The van der Waals surface area contributed by atoms with Crippen molar-refractivity contribution in [1.29, 1.82) is 0 Å². The van der Waals surface area contributed by atoms with Crippen LogP contribution >= 0.6 is 11.3 Å². The average Bonchev–Trinajstić information content (AvgIpc) is 3.36. The Morgan fingerprint density at radius 2 is 1.59 bits per heavy atom. The van der Waals surface area contributed by atoms with Gasteiger partial charge in [0.1, 0.15) is 0 Å². The predicted molar refractivity (Wildman–Crippen MR) is 156 cm³/mol. The predicted octanol–water partition coefficient (Wildman–Crippen LogP) is 3.63. The summed E-state index contributed by atoms with van der Waals surface area (Å²) in [7, 11) is -0.241. The number of piperazine rings is 1. The van der Waals surface area contributed by atoms with Crippen molar-refractivity contribution in [2.24, 2.45) is 0 Å². The number of anilines is 1. The molecule has 3 aliphatic rings. The van der Waals surface area contributed by atoms with Crippen LogP contribution in [0.2, 0.25) is 0 Å². The smallest absolute Gasteiger partial charge is 0.322 e. The van der Waals surface area contributed by atoms with E-state index in [9.17, 15) is 18.0 Å². The molecule has 39 heavy (non-hydrogen) atoms. The lowest BCUT2D eigenvalue weighted by atomic mass is 9.91. The summed E-state index contributed by atoms with van der Waals surface area (Å²) in [5, 5.41) is 4.05. The van der Waals surface area contributed by atoms with Gasteiger partial charge in [0, 0.05) is 83.3 Å². The van der Waals surface area contributed by atoms with Gasteiger partial charge < -0.3 is 9.80 Å². The standard InChI is InChI=1S/C27H46N6O4S2/c1-4-8-26(34)31-15-13-23(14-16-31)33(22-9-6-5-7-10-22)27(35)28-25-12-11-24(38-25)21-30-17-19-32(20-18-30)39(36,37)29(2)3/h11-12,22-23H,4-10,13-21H2,1-3H3,(H,28,35). The molecule has 3 heterocycles. The first kappa shape index (κ1) is 30.2. The number of likely N-dealkylation sites (tertiary alicyclic amines) is 1. The van der Waals surface area contributed by atoms with Crippen LogP contribution in [-0.2, 0) is 21.5 Å². The number of nitrogens with one attached hydrogen (secondary N) is 1. The molecule has 0 aromatic carbocycles. The van der Waals surface area contributed by atoms with Crippen LogP contribution in [0, 0.1) is 0 Å². The van der Waals surface area contributed by atoms with Crippen LogP contribution in [0.4, 0.5) is 9.80 Å². The van der Waals surface area contributed by atoms with Crippen LogP contribution in [0.1, 0.15) is 69.6 Å². The number of carbonyl (C=O) groups is 2. The molecule has 0 bridgehead atoms. The molecule has 2 aliphatic heterocycles. The van der Waals surface area contributed by atoms with Crippen molar-refractivity contribution in [2.45, 2.75) is 83.3 Å². The summed E-state index contributed by atoms with van der Waals surface area (Å²) in [5.74, 6) is 0.233. The normalized spacial score (nSPS) is 20.9. The Morgan fingerprint density at radius 1 is 0.949 bits per heavy atom. The Morgan fingerprint density at radius 3 is 2.21 bits per heavy atom. The van der Waals surface area contributed by atoms with E-state index >= 15 is 0 Å². The van der Waals surface area contributed by atoms with Crippen LogP contribution in [0.15, 0.2) is 12.1 Å². The largest absolute Gasteiger partial charge is 0.343 e. The fraction of sp³-hybridized carbons (Fsp3) is 0.778. The molecule has 3 amide bonds. The maximum absolute atomic E-state index is 13.7. The SMILES string of the molecule is CCCC(=O)N1CCC(N(C(=O)Nc2ccc(CN3CCN(S(=O)(=O)N(C)C)CC3)s2)C2CCCCC2)CC1. The summed E-state index contributed by atoms with van der Waals surface area (Å²) < 4.78 is 27.6. The number of hydrogen-bond acceptors (Lipinski definition) is 6. The molecular formula is C27H46N6O4S2. The van der Waals surface area contributed by atoms with Gasteiger partial charge in [-0.2, -0.15) is 17.0 Å². The number of amides is 3. The van der Waals surface area contributed by atoms with Crippen molar-refractivity contribution in [1.82, 2.24) is 23.3 Å². The molecule has 0 spiro atoms. The zero-order valence-electron chi connectivity index (χ0n) is 23.8. The second kappa shape index (κ2) is 13.8. The Hall–Kier alpha value is -1.73. The van der Waals surface area contributed by atoms with E-state index in [0.29, 0.717) is 32.6 Å². The maximum Gasteiger partial charge on any atom is 0.322 e. The van der Waals surface area contributed by atoms with Crippen molar-refractivity contribution < 1.29 is 18.0 Å². The number of piperidine rings is 1. The van der Waals surface area contributed by atoms with E-state index in [0.717, 1.165) is 74.5 Å². The molecule has 1 aromatic heterocycles. The Kier molecular flexibility index (Phi) is 10.7. The third kappa shape index (κ3) is 7.72. The van der Waals surface area contributed by atoms with Crippen LogP contribution < -0.4 is 5.32 Å². The topological polar surface area (TPSA) is 96.5 Å². The second-order valence-electron chi connectivity index (χ2n) is 11.2. The third-order valence-corrected chi connectivity index (χ3v) is 11.2. The average molecular weight is 583 g/mol. The minimum absolute atomic E-state index is 0.0175. The van der Waals surface area contributed by atoms with Gasteiger partial charge in [0.2, 0.25) is 5.91 Å². The van der Waals surface area contributed by atoms with E-state index in [1.807, 2.05) is 17.9 Å². The van der Waals surface area contributed by atoms with Gasteiger partial charge in [-0.3, -0.25) is 15.0 Å². The summed E-state index contributed by atoms with van der Waals surface area (Å²) in [6.07, 6.45) is 8.80. The highest BCUT2D eigenvalue weighted by Gasteiger charge is 2.35.